The zero-order valence-electron chi connectivity index (χ0n) is 15.0. The number of carbonyl (C=O) groups excluding carboxylic acids is 2. The second-order valence-electron chi connectivity index (χ2n) is 6.25. The maximum Gasteiger partial charge on any atom is 0.417 e. The lowest BCUT2D eigenvalue weighted by Crippen LogP contribution is -2.37. The zero-order chi connectivity index (χ0) is 22.2. The third kappa shape index (κ3) is 4.35. The Morgan fingerprint density at radius 1 is 1.13 bits per heavy atom. The van der Waals surface area contributed by atoms with Crippen molar-refractivity contribution in [2.24, 2.45) is 0 Å². The summed E-state index contributed by atoms with van der Waals surface area (Å²) >= 11 is 5.50. The molecule has 0 unspecified atom stereocenters. The number of H-pyrrole nitrogens is 1. The number of alkyl halides is 3. The van der Waals surface area contributed by atoms with E-state index in [1.54, 1.807) is 0 Å². The number of hydrogen-bond donors (Lipinski definition) is 3. The summed E-state index contributed by atoms with van der Waals surface area (Å²) in [6, 6.07) is 1.33. The molecule has 30 heavy (non-hydrogen) atoms. The molecule has 3 rings (SSSR count). The number of halogens is 6. The number of carbonyl (C=O) groups is 2. The Balaban J connectivity index is 1.73. The summed E-state index contributed by atoms with van der Waals surface area (Å²) in [6.45, 7) is 1.32. The van der Waals surface area contributed by atoms with Crippen LogP contribution in [0.25, 0.3) is 10.9 Å². The van der Waals surface area contributed by atoms with Crippen molar-refractivity contribution >= 4 is 40.0 Å². The van der Waals surface area contributed by atoms with Crippen LogP contribution in [0.1, 0.15) is 24.2 Å². The van der Waals surface area contributed by atoms with E-state index in [2.05, 4.69) is 20.6 Å². The van der Waals surface area contributed by atoms with E-state index < -0.39 is 46.3 Å². The van der Waals surface area contributed by atoms with Gasteiger partial charge in [0.2, 0.25) is 0 Å². The maximum atomic E-state index is 13.4. The van der Waals surface area contributed by atoms with E-state index in [-0.39, 0.29) is 22.3 Å². The molecule has 0 radical (unpaired) electrons. The Morgan fingerprint density at radius 2 is 1.80 bits per heavy atom. The van der Waals surface area contributed by atoms with Gasteiger partial charge in [-0.25, -0.2) is 8.78 Å². The SMILES string of the molecule is C[C@H](NC(=O)C(=O)Nc1c[nH]c2cc(F)c(F)cc12)c1cc(C(F)(F)F)c(Cl)cn1. The minimum Gasteiger partial charge on any atom is -0.359 e. The highest BCUT2D eigenvalue weighted by Crippen LogP contribution is 2.35. The molecule has 158 valence electrons. The summed E-state index contributed by atoms with van der Waals surface area (Å²) in [7, 11) is 0. The average Bonchev–Trinajstić information content (AvgIpc) is 3.02. The number of hydrogen-bond acceptors (Lipinski definition) is 3. The van der Waals surface area contributed by atoms with E-state index in [1.165, 1.54) is 13.1 Å². The number of nitrogens with one attached hydrogen (secondary N) is 3. The fourth-order valence-electron chi connectivity index (χ4n) is 2.64. The fraction of sp³-hybridized carbons (Fsp3) is 0.167. The Morgan fingerprint density at radius 3 is 2.47 bits per heavy atom. The van der Waals surface area contributed by atoms with E-state index in [0.717, 1.165) is 18.3 Å². The van der Waals surface area contributed by atoms with Crippen molar-refractivity contribution in [1.82, 2.24) is 15.3 Å². The molecule has 6 nitrogen and oxygen atoms in total. The third-order valence-electron chi connectivity index (χ3n) is 4.15. The summed E-state index contributed by atoms with van der Waals surface area (Å²) in [5.74, 6) is -4.59. The largest absolute Gasteiger partial charge is 0.417 e. The molecule has 0 saturated heterocycles. The van der Waals surface area contributed by atoms with Crippen LogP contribution in [0.5, 0.6) is 0 Å². The molecular weight excluding hydrogens is 435 g/mol. The first kappa shape index (κ1) is 21.5. The van der Waals surface area contributed by atoms with Gasteiger partial charge in [-0.1, -0.05) is 11.6 Å². The summed E-state index contributed by atoms with van der Waals surface area (Å²) in [5.41, 5.74) is -1.10. The van der Waals surface area contributed by atoms with Crippen LogP contribution in [0.4, 0.5) is 27.6 Å². The lowest BCUT2D eigenvalue weighted by atomic mass is 10.1. The first-order chi connectivity index (χ1) is 14.0. The highest BCUT2D eigenvalue weighted by molar-refractivity contribution is 6.40. The number of fused-ring (bicyclic) bond motifs is 1. The Bertz CT molecular complexity index is 1150. The van der Waals surface area contributed by atoms with Gasteiger partial charge in [0.05, 0.1) is 33.5 Å². The summed E-state index contributed by atoms with van der Waals surface area (Å²) < 4.78 is 65.6. The first-order valence-electron chi connectivity index (χ1n) is 8.28. The number of anilines is 1. The number of nitrogens with zero attached hydrogens (tertiary/aromatic N) is 1. The molecule has 3 N–H and O–H groups in total. The predicted octanol–water partition coefficient (Wildman–Crippen LogP) is 4.33. The minimum absolute atomic E-state index is 0.0145. The molecule has 0 spiro atoms. The second kappa shape index (κ2) is 7.90. The number of rotatable bonds is 3. The summed E-state index contributed by atoms with van der Waals surface area (Å²) in [5, 5.41) is 3.94. The van der Waals surface area contributed by atoms with Crippen molar-refractivity contribution < 1.29 is 31.5 Å². The van der Waals surface area contributed by atoms with Crippen molar-refractivity contribution in [3.8, 4) is 0 Å². The van der Waals surface area contributed by atoms with Crippen molar-refractivity contribution in [1.29, 1.82) is 0 Å². The van der Waals surface area contributed by atoms with E-state index in [1.807, 2.05) is 0 Å². The fourth-order valence-corrected chi connectivity index (χ4v) is 2.85. The normalized spacial score (nSPS) is 12.6. The second-order valence-corrected chi connectivity index (χ2v) is 6.66. The molecule has 0 aliphatic rings. The first-order valence-corrected chi connectivity index (χ1v) is 8.65. The van der Waals surface area contributed by atoms with Crippen molar-refractivity contribution in [2.45, 2.75) is 19.1 Å². The van der Waals surface area contributed by atoms with Gasteiger partial charge in [0.15, 0.2) is 11.6 Å². The van der Waals surface area contributed by atoms with Crippen LogP contribution in [0, 0.1) is 11.6 Å². The van der Waals surface area contributed by atoms with E-state index >= 15 is 0 Å². The molecule has 0 fully saturated rings. The monoisotopic (exact) mass is 446 g/mol. The Labute approximate surface area is 170 Å². The van der Waals surface area contributed by atoms with Crippen molar-refractivity contribution in [2.75, 3.05) is 5.32 Å². The van der Waals surface area contributed by atoms with Crippen molar-refractivity contribution in [3.63, 3.8) is 0 Å². The molecule has 3 aromatic rings. The van der Waals surface area contributed by atoms with Crippen LogP contribution in [0.3, 0.4) is 0 Å². The molecule has 2 amide bonds. The average molecular weight is 447 g/mol. The van der Waals surface area contributed by atoms with Crippen LogP contribution in [-0.4, -0.2) is 21.8 Å². The van der Waals surface area contributed by atoms with Gasteiger partial charge < -0.3 is 15.6 Å². The molecule has 0 saturated carbocycles. The molecule has 0 bridgehead atoms. The molecule has 2 aromatic heterocycles. The molecule has 1 aromatic carbocycles. The molecule has 0 aliphatic heterocycles. The van der Waals surface area contributed by atoms with Crippen molar-refractivity contribution in [3.05, 3.63) is 58.5 Å². The van der Waals surface area contributed by atoms with Gasteiger partial charge in [0.1, 0.15) is 0 Å². The minimum atomic E-state index is -4.72. The number of aromatic amines is 1. The number of benzene rings is 1. The van der Waals surface area contributed by atoms with Crippen LogP contribution >= 0.6 is 11.6 Å². The Kier molecular flexibility index (Phi) is 5.66. The van der Waals surface area contributed by atoms with Gasteiger partial charge in [-0.3, -0.25) is 14.6 Å². The van der Waals surface area contributed by atoms with Gasteiger partial charge in [0, 0.05) is 23.8 Å². The van der Waals surface area contributed by atoms with Gasteiger partial charge in [-0.05, 0) is 19.1 Å². The van der Waals surface area contributed by atoms with E-state index in [0.29, 0.717) is 6.07 Å². The van der Waals surface area contributed by atoms with Gasteiger partial charge in [-0.2, -0.15) is 13.2 Å². The highest BCUT2D eigenvalue weighted by atomic mass is 35.5. The van der Waals surface area contributed by atoms with Gasteiger partial charge in [-0.15, -0.1) is 0 Å². The Hall–Kier alpha value is -3.21. The lowest BCUT2D eigenvalue weighted by Gasteiger charge is -2.16. The molecule has 2 heterocycles. The topological polar surface area (TPSA) is 86.9 Å². The van der Waals surface area contributed by atoms with Gasteiger partial charge >= 0.3 is 18.0 Å². The number of aromatic nitrogens is 2. The summed E-state index contributed by atoms with van der Waals surface area (Å²) in [6.07, 6.45) is -2.70. The van der Waals surface area contributed by atoms with Gasteiger partial charge in [0.25, 0.3) is 0 Å². The van der Waals surface area contributed by atoms with E-state index in [9.17, 15) is 31.5 Å². The molecule has 0 aliphatic carbocycles. The standard InChI is InChI=1S/C18H12ClF5N4O2/c1-7(13-3-9(18(22,23)24)10(19)5-25-13)27-16(29)17(30)28-15-6-26-14-4-12(21)11(20)2-8(14)15/h2-7,26H,1H3,(H,27,29)(H,28,30)/t7-/m0/s1. The smallest absolute Gasteiger partial charge is 0.359 e. The van der Waals surface area contributed by atoms with Crippen LogP contribution in [0.2, 0.25) is 5.02 Å². The molecule has 1 atom stereocenters. The number of pyridine rings is 1. The van der Waals surface area contributed by atoms with Crippen LogP contribution in [0.15, 0.2) is 30.6 Å². The highest BCUT2D eigenvalue weighted by Gasteiger charge is 2.34. The lowest BCUT2D eigenvalue weighted by molar-refractivity contribution is -0.137. The molecular formula is C18H12ClF5N4O2. The van der Waals surface area contributed by atoms with Crippen LogP contribution < -0.4 is 10.6 Å². The van der Waals surface area contributed by atoms with Crippen LogP contribution in [-0.2, 0) is 15.8 Å². The number of amides is 2. The maximum absolute atomic E-state index is 13.4. The molecule has 12 heteroatoms. The quantitative estimate of drug-likeness (QED) is 0.413. The summed E-state index contributed by atoms with van der Waals surface area (Å²) in [4.78, 5) is 30.6. The third-order valence-corrected chi connectivity index (χ3v) is 4.45. The zero-order valence-corrected chi connectivity index (χ0v) is 15.8. The predicted molar refractivity (Wildman–Crippen MR) is 97.7 cm³/mol. The van der Waals surface area contributed by atoms with E-state index in [4.69, 9.17) is 11.6 Å².